The lowest BCUT2D eigenvalue weighted by Crippen LogP contribution is -2.20. The predicted octanol–water partition coefficient (Wildman–Crippen LogP) is 3.84. The van der Waals surface area contributed by atoms with Crippen molar-refractivity contribution in [2.45, 2.75) is 19.4 Å². The van der Waals surface area contributed by atoms with Gasteiger partial charge in [-0.3, -0.25) is 0 Å². The van der Waals surface area contributed by atoms with Crippen molar-refractivity contribution >= 4 is 0 Å². The summed E-state index contributed by atoms with van der Waals surface area (Å²) < 4.78 is 27.8. The molecule has 0 aliphatic rings. The predicted molar refractivity (Wildman–Crippen MR) is 73.1 cm³/mol. The van der Waals surface area contributed by atoms with Crippen LogP contribution in [-0.2, 0) is 6.42 Å². The molecule has 1 unspecified atom stereocenters. The summed E-state index contributed by atoms with van der Waals surface area (Å²) in [6.45, 7) is 2.05. The molecule has 0 aromatic heterocycles. The second-order valence-corrected chi connectivity index (χ2v) is 4.46. The molecule has 100 valence electrons. The van der Waals surface area contributed by atoms with Crippen LogP contribution in [0.3, 0.4) is 0 Å². The standard InChI is InChI=1S/C16H17F2N/c1-3-11-6-4-7-12(10-11)16(19-2)15-13(17)8-5-9-14(15)18/h4-10,16,19H,3H2,1-2H3. The summed E-state index contributed by atoms with van der Waals surface area (Å²) in [4.78, 5) is 0. The van der Waals surface area contributed by atoms with E-state index in [-0.39, 0.29) is 5.56 Å². The molecule has 0 saturated heterocycles. The van der Waals surface area contributed by atoms with Crippen molar-refractivity contribution < 1.29 is 8.78 Å². The van der Waals surface area contributed by atoms with Crippen molar-refractivity contribution in [3.05, 3.63) is 70.8 Å². The average Bonchev–Trinajstić information content (AvgIpc) is 2.43. The first-order valence-corrected chi connectivity index (χ1v) is 6.37. The molecule has 0 bridgehead atoms. The molecular formula is C16H17F2N. The Morgan fingerprint density at radius 1 is 1.05 bits per heavy atom. The van der Waals surface area contributed by atoms with Crippen LogP contribution >= 0.6 is 0 Å². The van der Waals surface area contributed by atoms with E-state index in [9.17, 15) is 8.78 Å². The fraction of sp³-hybridized carbons (Fsp3) is 0.250. The Morgan fingerprint density at radius 2 is 1.68 bits per heavy atom. The van der Waals surface area contributed by atoms with Crippen molar-refractivity contribution in [3.8, 4) is 0 Å². The summed E-state index contributed by atoms with van der Waals surface area (Å²) in [6.07, 6.45) is 0.893. The van der Waals surface area contributed by atoms with Crippen LogP contribution in [0.5, 0.6) is 0 Å². The maximum absolute atomic E-state index is 13.9. The number of hydrogen-bond acceptors (Lipinski definition) is 1. The maximum Gasteiger partial charge on any atom is 0.131 e. The average molecular weight is 261 g/mol. The lowest BCUT2D eigenvalue weighted by molar-refractivity contribution is 0.522. The Hall–Kier alpha value is -1.74. The second kappa shape index (κ2) is 5.93. The Kier molecular flexibility index (Phi) is 4.27. The maximum atomic E-state index is 13.9. The molecule has 1 N–H and O–H groups in total. The molecule has 2 aromatic rings. The Bertz CT molecular complexity index is 546. The topological polar surface area (TPSA) is 12.0 Å². The number of aryl methyl sites for hydroxylation is 1. The molecule has 2 aromatic carbocycles. The van der Waals surface area contributed by atoms with Crippen LogP contribution in [0, 0.1) is 11.6 Å². The van der Waals surface area contributed by atoms with E-state index in [1.807, 2.05) is 24.3 Å². The Morgan fingerprint density at radius 3 is 2.26 bits per heavy atom. The summed E-state index contributed by atoms with van der Waals surface area (Å²) in [6, 6.07) is 11.2. The van der Waals surface area contributed by atoms with Gasteiger partial charge in [-0.25, -0.2) is 8.78 Å². The molecule has 0 amide bonds. The van der Waals surface area contributed by atoms with E-state index in [0.29, 0.717) is 0 Å². The molecule has 2 rings (SSSR count). The van der Waals surface area contributed by atoms with Gasteiger partial charge in [0.25, 0.3) is 0 Å². The van der Waals surface area contributed by atoms with Crippen LogP contribution in [0.15, 0.2) is 42.5 Å². The molecule has 19 heavy (non-hydrogen) atoms. The monoisotopic (exact) mass is 261 g/mol. The van der Waals surface area contributed by atoms with Crippen LogP contribution in [-0.4, -0.2) is 7.05 Å². The lowest BCUT2D eigenvalue weighted by atomic mass is 9.96. The molecule has 0 spiro atoms. The van der Waals surface area contributed by atoms with E-state index in [2.05, 4.69) is 12.2 Å². The van der Waals surface area contributed by atoms with Gasteiger partial charge in [0.1, 0.15) is 11.6 Å². The van der Waals surface area contributed by atoms with Crippen molar-refractivity contribution in [2.24, 2.45) is 0 Å². The third-order valence-electron chi connectivity index (χ3n) is 3.27. The first-order valence-electron chi connectivity index (χ1n) is 6.37. The van der Waals surface area contributed by atoms with Gasteiger partial charge in [-0.05, 0) is 36.7 Å². The van der Waals surface area contributed by atoms with E-state index in [1.165, 1.54) is 18.2 Å². The van der Waals surface area contributed by atoms with Gasteiger partial charge in [-0.15, -0.1) is 0 Å². The largest absolute Gasteiger partial charge is 0.309 e. The molecule has 0 heterocycles. The summed E-state index contributed by atoms with van der Waals surface area (Å²) in [5.74, 6) is -1.05. The molecule has 0 aliphatic heterocycles. The minimum atomic E-state index is -0.527. The number of hydrogen-bond donors (Lipinski definition) is 1. The first-order chi connectivity index (χ1) is 9.17. The van der Waals surface area contributed by atoms with Crippen LogP contribution in [0.1, 0.15) is 29.7 Å². The highest BCUT2D eigenvalue weighted by molar-refractivity contribution is 5.35. The van der Waals surface area contributed by atoms with Gasteiger partial charge in [-0.1, -0.05) is 37.3 Å². The van der Waals surface area contributed by atoms with Gasteiger partial charge in [0.2, 0.25) is 0 Å². The fourth-order valence-corrected chi connectivity index (χ4v) is 2.26. The van der Waals surface area contributed by atoms with Crippen molar-refractivity contribution in [3.63, 3.8) is 0 Å². The van der Waals surface area contributed by atoms with E-state index < -0.39 is 17.7 Å². The Labute approximate surface area is 112 Å². The molecule has 3 heteroatoms. The highest BCUT2D eigenvalue weighted by Gasteiger charge is 2.20. The number of nitrogens with one attached hydrogen (secondary N) is 1. The smallest absolute Gasteiger partial charge is 0.131 e. The highest BCUT2D eigenvalue weighted by atomic mass is 19.1. The Balaban J connectivity index is 2.50. The van der Waals surface area contributed by atoms with Gasteiger partial charge < -0.3 is 5.32 Å². The van der Waals surface area contributed by atoms with Crippen LogP contribution in [0.25, 0.3) is 0 Å². The lowest BCUT2D eigenvalue weighted by Gasteiger charge is -2.19. The fourth-order valence-electron chi connectivity index (χ4n) is 2.26. The van der Waals surface area contributed by atoms with Gasteiger partial charge in [-0.2, -0.15) is 0 Å². The van der Waals surface area contributed by atoms with E-state index in [4.69, 9.17) is 0 Å². The van der Waals surface area contributed by atoms with Crippen molar-refractivity contribution in [2.75, 3.05) is 7.05 Å². The zero-order valence-electron chi connectivity index (χ0n) is 11.1. The second-order valence-electron chi connectivity index (χ2n) is 4.46. The molecule has 1 atom stereocenters. The summed E-state index contributed by atoms with van der Waals surface area (Å²) in [5.41, 5.74) is 2.08. The summed E-state index contributed by atoms with van der Waals surface area (Å²) >= 11 is 0. The third kappa shape index (κ3) is 2.82. The molecule has 0 saturated carbocycles. The van der Waals surface area contributed by atoms with Gasteiger partial charge in [0, 0.05) is 5.56 Å². The molecule has 1 nitrogen and oxygen atoms in total. The van der Waals surface area contributed by atoms with E-state index in [1.54, 1.807) is 7.05 Å². The molecule has 0 fully saturated rings. The molecular weight excluding hydrogens is 244 g/mol. The van der Waals surface area contributed by atoms with Gasteiger partial charge >= 0.3 is 0 Å². The minimum absolute atomic E-state index is 0.0678. The summed E-state index contributed by atoms with van der Waals surface area (Å²) in [5, 5.41) is 2.99. The van der Waals surface area contributed by atoms with Crippen molar-refractivity contribution in [1.82, 2.24) is 5.32 Å². The number of rotatable bonds is 4. The summed E-state index contributed by atoms with van der Waals surface area (Å²) in [7, 11) is 1.70. The zero-order valence-corrected chi connectivity index (χ0v) is 11.1. The first kappa shape index (κ1) is 13.7. The molecule has 0 radical (unpaired) electrons. The third-order valence-corrected chi connectivity index (χ3v) is 3.27. The van der Waals surface area contributed by atoms with E-state index in [0.717, 1.165) is 17.5 Å². The van der Waals surface area contributed by atoms with Crippen LogP contribution < -0.4 is 5.32 Å². The van der Waals surface area contributed by atoms with Gasteiger partial charge in [0.05, 0.1) is 6.04 Å². The SMILES string of the molecule is CCc1cccc(C(NC)c2c(F)cccc2F)c1. The van der Waals surface area contributed by atoms with Crippen LogP contribution in [0.2, 0.25) is 0 Å². The zero-order chi connectivity index (χ0) is 13.8. The quantitative estimate of drug-likeness (QED) is 0.881. The van der Waals surface area contributed by atoms with Crippen molar-refractivity contribution in [1.29, 1.82) is 0 Å². The minimum Gasteiger partial charge on any atom is -0.309 e. The van der Waals surface area contributed by atoms with E-state index >= 15 is 0 Å². The number of halogens is 2. The molecule has 0 aliphatic carbocycles. The highest BCUT2D eigenvalue weighted by Crippen LogP contribution is 2.27. The van der Waals surface area contributed by atoms with Crippen LogP contribution in [0.4, 0.5) is 8.78 Å². The van der Waals surface area contributed by atoms with Gasteiger partial charge in [0.15, 0.2) is 0 Å². The number of benzene rings is 2. The normalized spacial score (nSPS) is 12.4.